The molecule has 0 aliphatic heterocycles. The first-order chi connectivity index (χ1) is 9.43. The molecule has 2 aromatic rings. The van der Waals surface area contributed by atoms with Gasteiger partial charge in [0.1, 0.15) is 17.4 Å². The summed E-state index contributed by atoms with van der Waals surface area (Å²) in [4.78, 5) is 0. The second-order valence-electron chi connectivity index (χ2n) is 4.37. The first-order valence-corrected chi connectivity index (χ1v) is 6.68. The summed E-state index contributed by atoms with van der Waals surface area (Å²) in [5, 5.41) is -0.446. The fourth-order valence-corrected chi connectivity index (χ4v) is 2.44. The molecule has 0 bridgehead atoms. The molecule has 0 amide bonds. The molecule has 0 aliphatic carbocycles. The minimum Gasteiger partial charge on any atom is -0.496 e. The molecule has 0 fully saturated rings. The third-order valence-corrected chi connectivity index (χ3v) is 3.72. The van der Waals surface area contributed by atoms with Crippen LogP contribution in [0.2, 0.25) is 5.02 Å². The second-order valence-corrected chi connectivity index (χ2v) is 5.24. The van der Waals surface area contributed by atoms with Crippen molar-refractivity contribution in [3.8, 4) is 5.75 Å². The molecule has 5 heteroatoms. The van der Waals surface area contributed by atoms with E-state index in [2.05, 4.69) is 0 Å². The van der Waals surface area contributed by atoms with E-state index in [9.17, 15) is 8.78 Å². The van der Waals surface area contributed by atoms with Crippen LogP contribution in [0.1, 0.15) is 22.1 Å². The van der Waals surface area contributed by atoms with Crippen LogP contribution in [-0.4, -0.2) is 7.11 Å². The van der Waals surface area contributed by atoms with Gasteiger partial charge in [0.15, 0.2) is 0 Å². The van der Waals surface area contributed by atoms with Gasteiger partial charge in [0.2, 0.25) is 0 Å². The summed E-state index contributed by atoms with van der Waals surface area (Å²) in [6, 6.07) is 7.07. The SMILES string of the molecule is COc1ccc(Cl)cc1C(Cl)c1cc(F)c(C)cc1F. The summed E-state index contributed by atoms with van der Waals surface area (Å²) < 4.78 is 32.8. The van der Waals surface area contributed by atoms with Gasteiger partial charge in [0, 0.05) is 16.1 Å². The predicted octanol–water partition coefficient (Wildman–Crippen LogP) is 5.26. The van der Waals surface area contributed by atoms with E-state index in [1.807, 2.05) is 0 Å². The molecule has 0 aromatic heterocycles. The van der Waals surface area contributed by atoms with Gasteiger partial charge < -0.3 is 4.74 Å². The van der Waals surface area contributed by atoms with Crippen LogP contribution in [0.4, 0.5) is 8.78 Å². The van der Waals surface area contributed by atoms with Gasteiger partial charge in [-0.25, -0.2) is 8.78 Å². The van der Waals surface area contributed by atoms with Crippen molar-refractivity contribution in [1.29, 1.82) is 0 Å². The van der Waals surface area contributed by atoms with Crippen LogP contribution >= 0.6 is 23.2 Å². The Labute approximate surface area is 126 Å². The molecule has 1 nitrogen and oxygen atoms in total. The van der Waals surface area contributed by atoms with Crippen LogP contribution in [0.15, 0.2) is 30.3 Å². The smallest absolute Gasteiger partial charge is 0.128 e. The second kappa shape index (κ2) is 5.98. The maximum absolute atomic E-state index is 14.0. The van der Waals surface area contributed by atoms with Gasteiger partial charge in [-0.15, -0.1) is 11.6 Å². The summed E-state index contributed by atoms with van der Waals surface area (Å²) in [5.41, 5.74) is 0.771. The molecule has 0 saturated carbocycles. The third-order valence-electron chi connectivity index (χ3n) is 3.02. The van der Waals surface area contributed by atoms with E-state index in [4.69, 9.17) is 27.9 Å². The lowest BCUT2D eigenvalue weighted by atomic mass is 10.0. The van der Waals surface area contributed by atoms with Gasteiger partial charge in [-0.1, -0.05) is 11.6 Å². The molecule has 0 radical (unpaired) electrons. The quantitative estimate of drug-likeness (QED) is 0.701. The molecule has 0 heterocycles. The summed E-state index contributed by atoms with van der Waals surface area (Å²) >= 11 is 12.2. The maximum atomic E-state index is 14.0. The number of methoxy groups -OCH3 is 1. The Bertz CT molecular complexity index is 644. The normalized spacial score (nSPS) is 12.3. The highest BCUT2D eigenvalue weighted by atomic mass is 35.5. The molecule has 0 saturated heterocycles. The van der Waals surface area contributed by atoms with Crippen LogP contribution in [0.3, 0.4) is 0 Å². The van der Waals surface area contributed by atoms with Gasteiger partial charge in [0.05, 0.1) is 12.5 Å². The van der Waals surface area contributed by atoms with Crippen LogP contribution in [0.5, 0.6) is 5.75 Å². The summed E-state index contributed by atoms with van der Waals surface area (Å²) in [6.07, 6.45) is 0. The average Bonchev–Trinajstić information content (AvgIpc) is 2.42. The van der Waals surface area contributed by atoms with E-state index in [1.165, 1.54) is 14.0 Å². The lowest BCUT2D eigenvalue weighted by molar-refractivity contribution is 0.410. The molecule has 106 valence electrons. The van der Waals surface area contributed by atoms with Crippen molar-refractivity contribution in [3.05, 3.63) is 63.7 Å². The van der Waals surface area contributed by atoms with Gasteiger partial charge >= 0.3 is 0 Å². The Morgan fingerprint density at radius 2 is 1.75 bits per heavy atom. The minimum atomic E-state index is -0.890. The zero-order valence-electron chi connectivity index (χ0n) is 10.9. The Morgan fingerprint density at radius 1 is 1.05 bits per heavy atom. The first kappa shape index (κ1) is 15.1. The monoisotopic (exact) mass is 316 g/mol. The number of ether oxygens (including phenoxy) is 1. The Morgan fingerprint density at radius 3 is 2.40 bits per heavy atom. The van der Waals surface area contributed by atoms with Gasteiger partial charge in [0.25, 0.3) is 0 Å². The minimum absolute atomic E-state index is 0.0512. The fraction of sp³-hybridized carbons (Fsp3) is 0.200. The number of hydrogen-bond donors (Lipinski definition) is 0. The highest BCUT2D eigenvalue weighted by Gasteiger charge is 2.21. The van der Waals surface area contributed by atoms with Crippen LogP contribution in [0.25, 0.3) is 0 Å². The molecule has 0 N–H and O–H groups in total. The van der Waals surface area contributed by atoms with Crippen molar-refractivity contribution < 1.29 is 13.5 Å². The van der Waals surface area contributed by atoms with Crippen LogP contribution in [-0.2, 0) is 0 Å². The number of aryl methyl sites for hydroxylation is 1. The molecule has 0 aliphatic rings. The van der Waals surface area contributed by atoms with E-state index in [-0.39, 0.29) is 11.1 Å². The molecule has 2 aromatic carbocycles. The number of benzene rings is 2. The molecular weight excluding hydrogens is 305 g/mol. The average molecular weight is 317 g/mol. The summed E-state index contributed by atoms with van der Waals surface area (Å²) in [5.74, 6) is -0.603. The standard InChI is InChI=1S/C15H12Cl2F2O/c1-8-5-13(19)10(7-12(8)18)15(17)11-6-9(16)3-4-14(11)20-2/h3-7,15H,1-2H3. The number of rotatable bonds is 3. The van der Waals surface area contributed by atoms with Crippen molar-refractivity contribution in [1.82, 2.24) is 0 Å². The van der Waals surface area contributed by atoms with Crippen molar-refractivity contribution in [3.63, 3.8) is 0 Å². The molecule has 1 atom stereocenters. The Hall–Kier alpha value is -1.32. The summed E-state index contributed by atoms with van der Waals surface area (Å²) in [7, 11) is 1.47. The number of alkyl halides is 1. The molecule has 20 heavy (non-hydrogen) atoms. The highest BCUT2D eigenvalue weighted by Crippen LogP contribution is 2.38. The van der Waals surface area contributed by atoms with Crippen molar-refractivity contribution in [2.75, 3.05) is 7.11 Å². The van der Waals surface area contributed by atoms with E-state index in [0.717, 1.165) is 12.1 Å². The zero-order chi connectivity index (χ0) is 14.9. The maximum Gasteiger partial charge on any atom is 0.128 e. The van der Waals surface area contributed by atoms with E-state index >= 15 is 0 Å². The largest absolute Gasteiger partial charge is 0.496 e. The Balaban J connectivity index is 2.54. The Kier molecular flexibility index (Phi) is 4.51. The molecule has 0 spiro atoms. The molecule has 2 rings (SSSR count). The van der Waals surface area contributed by atoms with Gasteiger partial charge in [-0.05, 0) is 42.8 Å². The van der Waals surface area contributed by atoms with E-state index < -0.39 is 17.0 Å². The zero-order valence-corrected chi connectivity index (χ0v) is 12.4. The van der Waals surface area contributed by atoms with Gasteiger partial charge in [-0.3, -0.25) is 0 Å². The number of hydrogen-bond acceptors (Lipinski definition) is 1. The first-order valence-electron chi connectivity index (χ1n) is 5.87. The van der Waals surface area contributed by atoms with Crippen LogP contribution < -0.4 is 4.74 Å². The summed E-state index contributed by atoms with van der Waals surface area (Å²) in [6.45, 7) is 1.49. The van der Waals surface area contributed by atoms with E-state index in [0.29, 0.717) is 16.3 Å². The van der Waals surface area contributed by atoms with Crippen molar-refractivity contribution in [2.45, 2.75) is 12.3 Å². The highest BCUT2D eigenvalue weighted by molar-refractivity contribution is 6.31. The lowest BCUT2D eigenvalue weighted by Crippen LogP contribution is -2.02. The lowest BCUT2D eigenvalue weighted by Gasteiger charge is -2.16. The topological polar surface area (TPSA) is 9.23 Å². The predicted molar refractivity (Wildman–Crippen MR) is 76.8 cm³/mol. The van der Waals surface area contributed by atoms with Crippen molar-refractivity contribution >= 4 is 23.2 Å². The van der Waals surface area contributed by atoms with Crippen LogP contribution in [0, 0.1) is 18.6 Å². The van der Waals surface area contributed by atoms with Crippen molar-refractivity contribution in [2.24, 2.45) is 0 Å². The molecular formula is C15H12Cl2F2O. The fourth-order valence-electron chi connectivity index (χ4n) is 1.93. The van der Waals surface area contributed by atoms with E-state index in [1.54, 1.807) is 18.2 Å². The third kappa shape index (κ3) is 2.89. The molecule has 1 unspecified atom stereocenters. The van der Waals surface area contributed by atoms with Gasteiger partial charge in [-0.2, -0.15) is 0 Å². The number of halogens is 4.